The molecular formula is C17H21N3O. The number of hydrogen-bond acceptors (Lipinski definition) is 4. The Balaban J connectivity index is 1.72. The Morgan fingerprint density at radius 2 is 2.14 bits per heavy atom. The van der Waals surface area contributed by atoms with E-state index in [1.807, 2.05) is 30.6 Å². The number of ether oxygens (including phenoxy) is 1. The summed E-state index contributed by atoms with van der Waals surface area (Å²) in [4.78, 5) is 9.19. The SMILES string of the molecule is COc1ccccc1Cc1cnc(C2CCCNC2)cn1. The zero-order chi connectivity index (χ0) is 14.5. The molecule has 1 saturated heterocycles. The Hall–Kier alpha value is -1.94. The van der Waals surface area contributed by atoms with Crippen LogP contribution in [0.4, 0.5) is 0 Å². The molecule has 110 valence electrons. The maximum Gasteiger partial charge on any atom is 0.122 e. The van der Waals surface area contributed by atoms with Crippen molar-refractivity contribution in [3.05, 3.63) is 53.6 Å². The molecule has 4 nitrogen and oxygen atoms in total. The largest absolute Gasteiger partial charge is 0.496 e. The van der Waals surface area contributed by atoms with Crippen molar-refractivity contribution in [3.8, 4) is 5.75 Å². The minimum atomic E-state index is 0.506. The molecule has 2 heterocycles. The smallest absolute Gasteiger partial charge is 0.122 e. The predicted octanol–water partition coefficient (Wildman–Crippen LogP) is 2.54. The van der Waals surface area contributed by atoms with Crippen LogP contribution in [-0.2, 0) is 6.42 Å². The number of rotatable bonds is 4. The zero-order valence-corrected chi connectivity index (χ0v) is 12.4. The molecule has 0 aliphatic carbocycles. The van der Waals surface area contributed by atoms with Crippen LogP contribution in [0.5, 0.6) is 5.75 Å². The first kappa shape index (κ1) is 14.0. The van der Waals surface area contributed by atoms with Crippen molar-refractivity contribution >= 4 is 0 Å². The maximum absolute atomic E-state index is 5.38. The minimum absolute atomic E-state index is 0.506. The summed E-state index contributed by atoms with van der Waals surface area (Å²) in [6.45, 7) is 2.14. The van der Waals surface area contributed by atoms with Gasteiger partial charge in [-0.15, -0.1) is 0 Å². The topological polar surface area (TPSA) is 47.0 Å². The highest BCUT2D eigenvalue weighted by Crippen LogP contribution is 2.22. The van der Waals surface area contributed by atoms with E-state index in [1.54, 1.807) is 7.11 Å². The summed E-state index contributed by atoms with van der Waals surface area (Å²) in [5.41, 5.74) is 3.22. The van der Waals surface area contributed by atoms with Crippen molar-refractivity contribution < 1.29 is 4.74 Å². The molecule has 0 bridgehead atoms. The van der Waals surface area contributed by atoms with Crippen molar-refractivity contribution in [3.63, 3.8) is 0 Å². The van der Waals surface area contributed by atoms with E-state index < -0.39 is 0 Å². The summed E-state index contributed by atoms with van der Waals surface area (Å²) in [6.07, 6.45) is 7.00. The number of para-hydroxylation sites is 1. The molecule has 1 aliphatic heterocycles. The van der Waals surface area contributed by atoms with Gasteiger partial charge in [0.05, 0.1) is 18.5 Å². The fraction of sp³-hybridized carbons (Fsp3) is 0.412. The predicted molar refractivity (Wildman–Crippen MR) is 82.7 cm³/mol. The molecule has 0 spiro atoms. The lowest BCUT2D eigenvalue weighted by Gasteiger charge is -2.21. The second-order valence-corrected chi connectivity index (χ2v) is 5.46. The summed E-state index contributed by atoms with van der Waals surface area (Å²) >= 11 is 0. The van der Waals surface area contributed by atoms with E-state index in [9.17, 15) is 0 Å². The summed E-state index contributed by atoms with van der Waals surface area (Å²) < 4.78 is 5.38. The molecule has 0 radical (unpaired) electrons. The quantitative estimate of drug-likeness (QED) is 0.936. The fourth-order valence-electron chi connectivity index (χ4n) is 2.82. The number of methoxy groups -OCH3 is 1. The van der Waals surface area contributed by atoms with E-state index >= 15 is 0 Å². The van der Waals surface area contributed by atoms with Crippen LogP contribution in [0.3, 0.4) is 0 Å². The van der Waals surface area contributed by atoms with Gasteiger partial charge in [-0.1, -0.05) is 18.2 Å². The van der Waals surface area contributed by atoms with Gasteiger partial charge in [0, 0.05) is 36.8 Å². The standard InChI is InChI=1S/C17H21N3O/c1-21-17-7-3-2-5-13(17)9-15-11-20-16(12-19-15)14-6-4-8-18-10-14/h2-3,5,7,11-12,14,18H,4,6,8-10H2,1H3. The molecular weight excluding hydrogens is 262 g/mol. The second kappa shape index (κ2) is 6.68. The molecule has 2 aromatic rings. The van der Waals surface area contributed by atoms with E-state index in [2.05, 4.69) is 21.4 Å². The van der Waals surface area contributed by atoms with Gasteiger partial charge in [0.15, 0.2) is 0 Å². The van der Waals surface area contributed by atoms with Gasteiger partial charge >= 0.3 is 0 Å². The van der Waals surface area contributed by atoms with Crippen LogP contribution in [0, 0.1) is 0 Å². The van der Waals surface area contributed by atoms with Crippen molar-refractivity contribution in [2.24, 2.45) is 0 Å². The monoisotopic (exact) mass is 283 g/mol. The Labute approximate surface area is 125 Å². The minimum Gasteiger partial charge on any atom is -0.496 e. The molecule has 1 N–H and O–H groups in total. The lowest BCUT2D eigenvalue weighted by Crippen LogP contribution is -2.28. The molecule has 1 unspecified atom stereocenters. The van der Waals surface area contributed by atoms with Crippen LogP contribution in [-0.4, -0.2) is 30.2 Å². The van der Waals surface area contributed by atoms with Gasteiger partial charge in [-0.2, -0.15) is 0 Å². The van der Waals surface area contributed by atoms with E-state index in [-0.39, 0.29) is 0 Å². The molecule has 1 aromatic heterocycles. The lowest BCUT2D eigenvalue weighted by molar-refractivity contribution is 0.410. The number of nitrogens with one attached hydrogen (secondary N) is 1. The maximum atomic E-state index is 5.38. The fourth-order valence-corrected chi connectivity index (χ4v) is 2.82. The highest BCUT2D eigenvalue weighted by atomic mass is 16.5. The third-order valence-electron chi connectivity index (χ3n) is 4.00. The van der Waals surface area contributed by atoms with Crippen molar-refractivity contribution in [1.82, 2.24) is 15.3 Å². The summed E-state index contributed by atoms with van der Waals surface area (Å²) in [6, 6.07) is 8.05. The highest BCUT2D eigenvalue weighted by Gasteiger charge is 2.16. The normalized spacial score (nSPS) is 18.4. The third kappa shape index (κ3) is 3.39. The first-order valence-corrected chi connectivity index (χ1v) is 7.50. The van der Waals surface area contributed by atoms with Gasteiger partial charge < -0.3 is 10.1 Å². The van der Waals surface area contributed by atoms with Gasteiger partial charge in [-0.05, 0) is 25.5 Å². The molecule has 1 aromatic carbocycles. The van der Waals surface area contributed by atoms with Crippen molar-refractivity contribution in [1.29, 1.82) is 0 Å². The van der Waals surface area contributed by atoms with E-state index in [4.69, 9.17) is 4.74 Å². The first-order valence-electron chi connectivity index (χ1n) is 7.50. The van der Waals surface area contributed by atoms with Gasteiger partial charge in [0.2, 0.25) is 0 Å². The van der Waals surface area contributed by atoms with E-state index in [0.717, 1.165) is 42.2 Å². The first-order chi connectivity index (χ1) is 10.4. The van der Waals surface area contributed by atoms with E-state index in [1.165, 1.54) is 12.8 Å². The Kier molecular flexibility index (Phi) is 4.46. The third-order valence-corrected chi connectivity index (χ3v) is 4.00. The lowest BCUT2D eigenvalue weighted by atomic mass is 9.96. The molecule has 21 heavy (non-hydrogen) atoms. The highest BCUT2D eigenvalue weighted by molar-refractivity contribution is 5.35. The number of benzene rings is 1. The van der Waals surface area contributed by atoms with Gasteiger partial charge in [-0.25, -0.2) is 0 Å². The molecule has 0 amide bonds. The van der Waals surface area contributed by atoms with Crippen LogP contribution in [0.15, 0.2) is 36.7 Å². The van der Waals surface area contributed by atoms with Gasteiger partial charge in [0.1, 0.15) is 5.75 Å². The second-order valence-electron chi connectivity index (χ2n) is 5.46. The number of aromatic nitrogens is 2. The summed E-state index contributed by atoms with van der Waals surface area (Å²) in [5, 5.41) is 3.42. The molecule has 0 saturated carbocycles. The summed E-state index contributed by atoms with van der Waals surface area (Å²) in [5.74, 6) is 1.41. The van der Waals surface area contributed by atoms with Crippen molar-refractivity contribution in [2.45, 2.75) is 25.2 Å². The van der Waals surface area contributed by atoms with Crippen LogP contribution in [0.2, 0.25) is 0 Å². The summed E-state index contributed by atoms with van der Waals surface area (Å²) in [7, 11) is 1.70. The average Bonchev–Trinajstić information content (AvgIpc) is 2.57. The zero-order valence-electron chi connectivity index (χ0n) is 12.4. The van der Waals surface area contributed by atoms with Gasteiger partial charge in [0.25, 0.3) is 0 Å². The Morgan fingerprint density at radius 1 is 1.24 bits per heavy atom. The molecule has 1 aliphatic rings. The van der Waals surface area contributed by atoms with Crippen LogP contribution in [0.1, 0.15) is 35.7 Å². The molecule has 1 fully saturated rings. The van der Waals surface area contributed by atoms with Crippen LogP contribution in [0.25, 0.3) is 0 Å². The number of nitrogens with zero attached hydrogens (tertiary/aromatic N) is 2. The molecule has 4 heteroatoms. The van der Waals surface area contributed by atoms with Crippen LogP contribution < -0.4 is 10.1 Å². The average molecular weight is 283 g/mol. The molecule has 1 atom stereocenters. The van der Waals surface area contributed by atoms with E-state index in [0.29, 0.717) is 5.92 Å². The number of piperidine rings is 1. The van der Waals surface area contributed by atoms with Gasteiger partial charge in [-0.3, -0.25) is 9.97 Å². The number of hydrogen-bond donors (Lipinski definition) is 1. The van der Waals surface area contributed by atoms with Crippen LogP contribution >= 0.6 is 0 Å². The van der Waals surface area contributed by atoms with Crippen molar-refractivity contribution in [2.75, 3.05) is 20.2 Å². The Morgan fingerprint density at radius 3 is 2.86 bits per heavy atom. The Bertz CT molecular complexity index is 577. The molecule has 3 rings (SSSR count).